The lowest BCUT2D eigenvalue weighted by Gasteiger charge is -2.17. The fourth-order valence-electron chi connectivity index (χ4n) is 1.54. The van der Waals surface area contributed by atoms with E-state index < -0.39 is 30.4 Å². The monoisotopic (exact) mass is 230 g/mol. The molecule has 16 heavy (non-hydrogen) atoms. The summed E-state index contributed by atoms with van der Waals surface area (Å²) in [5, 5.41) is 19.4. The van der Waals surface area contributed by atoms with Gasteiger partial charge in [-0.15, -0.1) is 0 Å². The lowest BCUT2D eigenvalue weighted by molar-refractivity contribution is -0.150. The first-order chi connectivity index (χ1) is 7.47. The third-order valence-corrected chi connectivity index (χ3v) is 2.42. The Morgan fingerprint density at radius 3 is 2.50 bits per heavy atom. The van der Waals surface area contributed by atoms with Gasteiger partial charge in [0, 0.05) is 7.11 Å². The molecule has 2 N–H and O–H groups in total. The molecule has 1 rings (SSSR count). The number of ether oxygens (including phenoxy) is 2. The molecule has 1 saturated heterocycles. The highest BCUT2D eigenvalue weighted by atomic mass is 16.6. The number of allylic oxidation sites excluding steroid dienone is 1. The first-order valence-electron chi connectivity index (χ1n) is 5.25. The summed E-state index contributed by atoms with van der Waals surface area (Å²) in [6.45, 7) is 3.91. The van der Waals surface area contributed by atoms with Crippen molar-refractivity contribution in [3.8, 4) is 0 Å². The first-order valence-corrected chi connectivity index (χ1v) is 5.25. The van der Waals surface area contributed by atoms with Crippen molar-refractivity contribution in [2.45, 2.75) is 38.3 Å². The van der Waals surface area contributed by atoms with Crippen LogP contribution in [-0.4, -0.2) is 47.7 Å². The molecule has 0 unspecified atom stereocenters. The van der Waals surface area contributed by atoms with Crippen LogP contribution in [0.1, 0.15) is 13.8 Å². The van der Waals surface area contributed by atoms with E-state index in [1.807, 2.05) is 13.8 Å². The van der Waals surface area contributed by atoms with Crippen molar-refractivity contribution in [1.82, 2.24) is 0 Å². The summed E-state index contributed by atoms with van der Waals surface area (Å²) in [5.74, 6) is -0.362. The summed E-state index contributed by atoms with van der Waals surface area (Å²) in [6, 6.07) is 0. The normalized spacial score (nSPS) is 32.4. The summed E-state index contributed by atoms with van der Waals surface area (Å²) in [5.41, 5.74) is 0. The number of methoxy groups -OCH3 is 1. The molecular weight excluding hydrogens is 212 g/mol. The van der Waals surface area contributed by atoms with E-state index in [-0.39, 0.29) is 5.92 Å². The maximum absolute atomic E-state index is 11.2. The Labute approximate surface area is 94.7 Å². The third kappa shape index (κ3) is 2.81. The largest absolute Gasteiger partial charge is 0.454 e. The minimum Gasteiger partial charge on any atom is -0.454 e. The van der Waals surface area contributed by atoms with Crippen LogP contribution in [0.3, 0.4) is 0 Å². The highest BCUT2D eigenvalue weighted by molar-refractivity contribution is 5.78. The van der Waals surface area contributed by atoms with Crippen LogP contribution in [0.4, 0.5) is 0 Å². The Morgan fingerprint density at radius 1 is 1.44 bits per heavy atom. The predicted octanol–water partition coefficient (Wildman–Crippen LogP) is -0.139. The SMILES string of the molecule is CO[C@H]1C(=O)O[C@@H]([C@H](O)/C=C/C(C)C)[C@H]1O. The zero-order valence-electron chi connectivity index (χ0n) is 9.66. The van der Waals surface area contributed by atoms with Crippen LogP contribution in [0, 0.1) is 5.92 Å². The van der Waals surface area contributed by atoms with Crippen LogP contribution >= 0.6 is 0 Å². The van der Waals surface area contributed by atoms with Gasteiger partial charge in [-0.1, -0.05) is 26.0 Å². The molecule has 0 amide bonds. The molecule has 1 aliphatic heterocycles. The standard InChI is InChI=1S/C11H18O5/c1-6(2)4-5-7(12)9-8(13)10(15-3)11(14)16-9/h4-10,12-13H,1-3H3/b5-4+/t7-,8-,9+,10-/m1/s1. The van der Waals surface area contributed by atoms with Gasteiger partial charge < -0.3 is 19.7 Å². The second kappa shape index (κ2) is 5.43. The van der Waals surface area contributed by atoms with E-state index >= 15 is 0 Å². The van der Waals surface area contributed by atoms with E-state index in [2.05, 4.69) is 0 Å². The Bertz CT molecular complexity index is 274. The Kier molecular flexibility index (Phi) is 4.46. The minimum absolute atomic E-state index is 0.280. The quantitative estimate of drug-likeness (QED) is 0.519. The van der Waals surface area contributed by atoms with Crippen molar-refractivity contribution >= 4 is 5.97 Å². The van der Waals surface area contributed by atoms with E-state index in [1.54, 1.807) is 6.08 Å². The van der Waals surface area contributed by atoms with Crippen LogP contribution in [0.15, 0.2) is 12.2 Å². The molecule has 0 radical (unpaired) electrons. The van der Waals surface area contributed by atoms with Gasteiger partial charge in [0.1, 0.15) is 12.2 Å². The number of aliphatic hydroxyl groups excluding tert-OH is 2. The van der Waals surface area contributed by atoms with Crippen molar-refractivity contribution in [2.75, 3.05) is 7.11 Å². The fraction of sp³-hybridized carbons (Fsp3) is 0.727. The van der Waals surface area contributed by atoms with Crippen molar-refractivity contribution in [1.29, 1.82) is 0 Å². The smallest absolute Gasteiger partial charge is 0.338 e. The molecule has 1 aliphatic rings. The van der Waals surface area contributed by atoms with Crippen LogP contribution in [-0.2, 0) is 14.3 Å². The molecule has 0 aliphatic carbocycles. The van der Waals surface area contributed by atoms with Gasteiger partial charge in [-0.2, -0.15) is 0 Å². The predicted molar refractivity (Wildman–Crippen MR) is 56.7 cm³/mol. The van der Waals surface area contributed by atoms with Gasteiger partial charge >= 0.3 is 5.97 Å². The van der Waals surface area contributed by atoms with Gasteiger partial charge in [0.15, 0.2) is 12.2 Å². The first kappa shape index (κ1) is 13.2. The highest BCUT2D eigenvalue weighted by Gasteiger charge is 2.46. The van der Waals surface area contributed by atoms with Crippen molar-refractivity contribution in [3.63, 3.8) is 0 Å². The molecular formula is C11H18O5. The lowest BCUT2D eigenvalue weighted by Crippen LogP contribution is -2.38. The molecule has 0 aromatic rings. The van der Waals surface area contributed by atoms with E-state index in [4.69, 9.17) is 9.47 Å². The molecule has 0 aromatic carbocycles. The highest BCUT2D eigenvalue weighted by Crippen LogP contribution is 2.21. The second-order valence-corrected chi connectivity index (χ2v) is 4.17. The second-order valence-electron chi connectivity index (χ2n) is 4.17. The van der Waals surface area contributed by atoms with E-state index in [9.17, 15) is 15.0 Å². The van der Waals surface area contributed by atoms with E-state index in [0.717, 1.165) is 0 Å². The maximum atomic E-state index is 11.2. The molecule has 5 heteroatoms. The Morgan fingerprint density at radius 2 is 2.06 bits per heavy atom. The molecule has 0 spiro atoms. The van der Waals surface area contributed by atoms with E-state index in [0.29, 0.717) is 0 Å². The number of carbonyl (C=O) groups is 1. The average Bonchev–Trinajstić information content (AvgIpc) is 2.50. The zero-order valence-corrected chi connectivity index (χ0v) is 9.66. The van der Waals surface area contributed by atoms with Gasteiger partial charge in [0.05, 0.1) is 0 Å². The molecule has 0 saturated carbocycles. The van der Waals surface area contributed by atoms with Gasteiger partial charge in [-0.3, -0.25) is 0 Å². The lowest BCUT2D eigenvalue weighted by atomic mass is 10.0. The molecule has 1 fully saturated rings. The summed E-state index contributed by atoms with van der Waals surface area (Å²) in [7, 11) is 1.31. The van der Waals surface area contributed by atoms with Crippen LogP contribution < -0.4 is 0 Å². The summed E-state index contributed by atoms with van der Waals surface area (Å²) >= 11 is 0. The molecule has 92 valence electrons. The van der Waals surface area contributed by atoms with Gasteiger partial charge in [-0.25, -0.2) is 4.79 Å². The van der Waals surface area contributed by atoms with Gasteiger partial charge in [-0.05, 0) is 5.92 Å². The molecule has 0 bridgehead atoms. The molecule has 4 atom stereocenters. The summed E-state index contributed by atoms with van der Waals surface area (Å²) in [6.07, 6.45) is -0.805. The number of hydrogen-bond acceptors (Lipinski definition) is 5. The van der Waals surface area contributed by atoms with Crippen molar-refractivity contribution in [2.24, 2.45) is 5.92 Å². The minimum atomic E-state index is -1.13. The Hall–Kier alpha value is -0.910. The maximum Gasteiger partial charge on any atom is 0.338 e. The number of cyclic esters (lactones) is 1. The number of hydrogen-bond donors (Lipinski definition) is 2. The van der Waals surface area contributed by atoms with Crippen LogP contribution in [0.25, 0.3) is 0 Å². The topological polar surface area (TPSA) is 76.0 Å². The molecule has 5 nitrogen and oxygen atoms in total. The van der Waals surface area contributed by atoms with Gasteiger partial charge in [0.25, 0.3) is 0 Å². The number of esters is 1. The molecule has 1 heterocycles. The molecule has 0 aromatic heterocycles. The van der Waals surface area contributed by atoms with Crippen LogP contribution in [0.2, 0.25) is 0 Å². The number of rotatable bonds is 4. The number of aliphatic hydroxyl groups is 2. The number of carbonyl (C=O) groups excluding carboxylic acids is 1. The fourth-order valence-corrected chi connectivity index (χ4v) is 1.54. The Balaban J connectivity index is 2.65. The zero-order chi connectivity index (χ0) is 12.3. The van der Waals surface area contributed by atoms with Crippen molar-refractivity contribution < 1.29 is 24.5 Å². The summed E-state index contributed by atoms with van der Waals surface area (Å²) in [4.78, 5) is 11.2. The van der Waals surface area contributed by atoms with Gasteiger partial charge in [0.2, 0.25) is 0 Å². The van der Waals surface area contributed by atoms with Crippen LogP contribution in [0.5, 0.6) is 0 Å². The average molecular weight is 230 g/mol. The van der Waals surface area contributed by atoms with Crippen molar-refractivity contribution in [3.05, 3.63) is 12.2 Å². The summed E-state index contributed by atoms with van der Waals surface area (Å²) < 4.78 is 9.64. The third-order valence-electron chi connectivity index (χ3n) is 2.42. The van der Waals surface area contributed by atoms with E-state index in [1.165, 1.54) is 13.2 Å².